The zero-order chi connectivity index (χ0) is 42.2. The fourth-order valence-electron chi connectivity index (χ4n) is 9.86. The lowest BCUT2D eigenvalue weighted by Crippen LogP contribution is -2.66. The maximum atomic E-state index is 14.1. The fraction of sp³-hybridized carbons (Fsp3) is 0.292. The zero-order valence-electron chi connectivity index (χ0n) is 34.3. The maximum absolute atomic E-state index is 14.1. The first-order chi connectivity index (χ1) is 28.9. The van der Waals surface area contributed by atoms with Crippen LogP contribution in [0, 0.1) is 17.8 Å². The molecule has 12 heteroatoms. The number of carbonyl (C=O) groups excluding carboxylic acids is 3. The minimum absolute atomic E-state index is 0.0756. The van der Waals surface area contributed by atoms with Gasteiger partial charge in [-0.05, 0) is 98.9 Å². The molecule has 1 aliphatic carbocycles. The molecule has 4 aromatic carbocycles. The van der Waals surface area contributed by atoms with E-state index >= 15 is 0 Å². The summed E-state index contributed by atoms with van der Waals surface area (Å²) < 4.78 is 18.8. The summed E-state index contributed by atoms with van der Waals surface area (Å²) in [7, 11) is -3.14. The highest BCUT2D eigenvalue weighted by Crippen LogP contribution is 2.51. The summed E-state index contributed by atoms with van der Waals surface area (Å²) in [5.74, 6) is -3.33. The van der Waals surface area contributed by atoms with Crippen LogP contribution in [0.2, 0.25) is 11.4 Å². The third-order valence-electron chi connectivity index (χ3n) is 12.5. The number of fused-ring (bicyclic) bond motifs is 4. The molecule has 2 N–H and O–H groups in total. The van der Waals surface area contributed by atoms with E-state index in [1.165, 1.54) is 0 Å². The molecule has 1 aromatic heterocycles. The zero-order valence-corrected chi connectivity index (χ0v) is 35.3. The molecule has 10 nitrogen and oxygen atoms in total. The molecule has 3 aliphatic rings. The van der Waals surface area contributed by atoms with Crippen LogP contribution in [0.5, 0.6) is 5.75 Å². The molecule has 2 saturated heterocycles. The Morgan fingerprint density at radius 2 is 1.53 bits per heavy atom. The molecule has 0 spiro atoms. The van der Waals surface area contributed by atoms with Gasteiger partial charge in [0.2, 0.25) is 11.8 Å². The number of rotatable bonds is 10. The van der Waals surface area contributed by atoms with Gasteiger partial charge in [0.25, 0.3) is 8.32 Å². The molecule has 60 heavy (non-hydrogen) atoms. The van der Waals surface area contributed by atoms with Crippen molar-refractivity contribution in [2.75, 3.05) is 13.7 Å². The van der Waals surface area contributed by atoms with Crippen molar-refractivity contribution in [3.8, 4) is 5.75 Å². The van der Waals surface area contributed by atoms with Crippen molar-refractivity contribution in [2.24, 2.45) is 17.8 Å². The lowest BCUT2D eigenvalue weighted by Gasteiger charge is -2.46. The SMILES string of the molecule is COC(=O)N1C(=O)[C@@H]2[C@@H](CC(CO[Si](c3ccccc3)(c3ccccc3)C(C)(C)C)=C3[C@@H](CC/C(=C/c4ccc(O)c5ccccc45)c4ccccn4)OB(O)C[C@@H]32)C1=O. The number of aromatic hydroxyl groups is 1. The smallest absolute Gasteiger partial charge is 0.455 e. The Morgan fingerprint density at radius 3 is 2.17 bits per heavy atom. The number of carbonyl (C=O) groups is 3. The molecule has 5 aromatic rings. The van der Waals surface area contributed by atoms with Crippen LogP contribution in [0.4, 0.5) is 4.79 Å². The van der Waals surface area contributed by atoms with Gasteiger partial charge in [-0.2, -0.15) is 4.90 Å². The van der Waals surface area contributed by atoms with Crippen molar-refractivity contribution < 1.29 is 38.3 Å². The molecule has 2 aliphatic heterocycles. The number of hydrogen-bond acceptors (Lipinski definition) is 9. The molecule has 306 valence electrons. The molecule has 0 unspecified atom stereocenters. The van der Waals surface area contributed by atoms with Gasteiger partial charge in [0.15, 0.2) is 0 Å². The number of amides is 3. The topological polar surface area (TPSA) is 135 Å². The summed E-state index contributed by atoms with van der Waals surface area (Å²) in [6.45, 7) is 6.77. The van der Waals surface area contributed by atoms with Crippen LogP contribution in [0.1, 0.15) is 51.3 Å². The number of nitrogens with zero attached hydrogens (tertiary/aromatic N) is 2. The molecule has 4 atom stereocenters. The lowest BCUT2D eigenvalue weighted by atomic mass is 9.58. The molecule has 0 radical (unpaired) electrons. The Hall–Kier alpha value is -5.66. The normalized spacial score (nSPS) is 21.0. The Balaban J connectivity index is 1.23. The van der Waals surface area contributed by atoms with Crippen LogP contribution in [0.15, 0.2) is 133 Å². The van der Waals surface area contributed by atoms with Crippen LogP contribution in [-0.2, 0) is 23.4 Å². The number of imide groups is 3. The molecule has 3 amide bonds. The first kappa shape index (κ1) is 41.1. The van der Waals surface area contributed by atoms with E-state index in [1.807, 2.05) is 84.9 Å². The summed E-state index contributed by atoms with van der Waals surface area (Å²) in [4.78, 5) is 46.4. The first-order valence-electron chi connectivity index (χ1n) is 20.5. The molecular weight excluding hydrogens is 771 g/mol. The number of likely N-dealkylation sites (tertiary alicyclic amines) is 1. The molecule has 3 heterocycles. The second kappa shape index (κ2) is 16.8. The van der Waals surface area contributed by atoms with Gasteiger partial charge in [-0.1, -0.05) is 118 Å². The molecule has 8 rings (SSSR count). The standard InChI is InChI=1S/C48H49BN2O8Si/c1-48(2,3)60(34-15-7-5-8-16-34,35-17-9-6-10-18-35)58-30-33-28-38-44(46(54)51(45(38)53)47(55)57-4)39-29-49(56)59-42(43(33)39)25-23-32(40-21-13-14-26-50-40)27-31-22-24-41(52)37-20-12-11-19-36(31)37/h5-22,24,26-27,38-39,42,44,52,56H,23,25,28-30H2,1-4H3/b32-27-/t38-,39+,42-,44-/m1/s1. The van der Waals surface area contributed by atoms with Crippen LogP contribution < -0.4 is 10.4 Å². The summed E-state index contributed by atoms with van der Waals surface area (Å²) in [5.41, 5.74) is 4.26. The second-order valence-corrected chi connectivity index (χ2v) is 21.2. The fourth-order valence-corrected chi connectivity index (χ4v) is 14.4. The largest absolute Gasteiger partial charge is 0.507 e. The van der Waals surface area contributed by atoms with Gasteiger partial charge in [-0.3, -0.25) is 14.6 Å². The molecule has 2 fully saturated rings. The van der Waals surface area contributed by atoms with Gasteiger partial charge >= 0.3 is 13.2 Å². The number of hydrogen-bond donors (Lipinski definition) is 2. The summed E-state index contributed by atoms with van der Waals surface area (Å²) in [6, 6.07) is 37.6. The second-order valence-electron chi connectivity index (χ2n) is 16.9. The highest BCUT2D eigenvalue weighted by Gasteiger charge is 2.60. The third-order valence-corrected chi connectivity index (χ3v) is 17.5. The van der Waals surface area contributed by atoms with Crippen LogP contribution >= 0.6 is 0 Å². The molecule has 0 saturated carbocycles. The number of phenols is 1. The highest BCUT2D eigenvalue weighted by molar-refractivity contribution is 6.99. The van der Waals surface area contributed by atoms with Gasteiger partial charge < -0.3 is 23.9 Å². The van der Waals surface area contributed by atoms with Gasteiger partial charge in [-0.25, -0.2) is 4.79 Å². The monoisotopic (exact) mass is 820 g/mol. The van der Waals surface area contributed by atoms with Crippen LogP contribution in [-0.4, -0.2) is 73.2 Å². The van der Waals surface area contributed by atoms with Crippen molar-refractivity contribution in [3.63, 3.8) is 0 Å². The predicted molar refractivity (Wildman–Crippen MR) is 235 cm³/mol. The number of allylic oxidation sites excluding steroid dienone is 1. The van der Waals surface area contributed by atoms with E-state index in [2.05, 4.69) is 51.1 Å². The average molecular weight is 821 g/mol. The van der Waals surface area contributed by atoms with E-state index < -0.39 is 57.2 Å². The van der Waals surface area contributed by atoms with E-state index in [9.17, 15) is 24.5 Å². The number of methoxy groups -OCH3 is 1. The lowest BCUT2D eigenvalue weighted by molar-refractivity contribution is -0.137. The van der Waals surface area contributed by atoms with Gasteiger partial charge in [0, 0.05) is 11.6 Å². The Kier molecular flexibility index (Phi) is 11.5. The van der Waals surface area contributed by atoms with Gasteiger partial charge in [-0.15, -0.1) is 0 Å². The van der Waals surface area contributed by atoms with Crippen LogP contribution in [0.25, 0.3) is 22.4 Å². The predicted octanol–water partition coefficient (Wildman–Crippen LogP) is 7.40. The Morgan fingerprint density at radius 1 is 0.883 bits per heavy atom. The van der Waals surface area contributed by atoms with Crippen molar-refractivity contribution in [2.45, 2.75) is 57.5 Å². The number of ether oxygens (including phenoxy) is 1. The van der Waals surface area contributed by atoms with Crippen molar-refractivity contribution in [1.82, 2.24) is 9.88 Å². The van der Waals surface area contributed by atoms with Crippen molar-refractivity contribution in [3.05, 3.63) is 144 Å². The van der Waals surface area contributed by atoms with E-state index in [1.54, 1.807) is 12.3 Å². The third kappa shape index (κ3) is 7.42. The van der Waals surface area contributed by atoms with E-state index in [-0.39, 0.29) is 30.1 Å². The number of pyridine rings is 1. The quantitative estimate of drug-likeness (QED) is 0.0840. The van der Waals surface area contributed by atoms with Crippen LogP contribution in [0.3, 0.4) is 0 Å². The number of benzene rings is 4. The summed E-state index contributed by atoms with van der Waals surface area (Å²) in [5, 5.41) is 25.5. The number of phenolic OH excluding ortho intramolecular Hbond substituents is 1. The van der Waals surface area contributed by atoms with E-state index in [4.69, 9.17) is 18.8 Å². The van der Waals surface area contributed by atoms with E-state index in [0.29, 0.717) is 17.7 Å². The van der Waals surface area contributed by atoms with Gasteiger partial charge in [0.1, 0.15) is 5.75 Å². The van der Waals surface area contributed by atoms with Crippen molar-refractivity contribution in [1.29, 1.82) is 0 Å². The number of aromatic nitrogens is 1. The summed E-state index contributed by atoms with van der Waals surface area (Å²) >= 11 is 0. The first-order valence-corrected chi connectivity index (χ1v) is 22.4. The Labute approximate surface area is 351 Å². The minimum Gasteiger partial charge on any atom is -0.507 e. The molecular formula is C48H49BN2O8Si. The summed E-state index contributed by atoms with van der Waals surface area (Å²) in [6.07, 6.45) is 3.29. The van der Waals surface area contributed by atoms with E-state index in [0.717, 1.165) is 56.2 Å². The highest BCUT2D eigenvalue weighted by atomic mass is 28.4. The van der Waals surface area contributed by atoms with Crippen molar-refractivity contribution >= 4 is 66.1 Å². The molecule has 0 bridgehead atoms. The maximum Gasteiger partial charge on any atom is 0.455 e. The minimum atomic E-state index is -3.07. The Bertz CT molecular complexity index is 2430. The average Bonchev–Trinajstić information content (AvgIpc) is 3.51. The van der Waals surface area contributed by atoms with Gasteiger partial charge in [0.05, 0.1) is 37.4 Å².